The Balaban J connectivity index is 1.66. The first-order valence-corrected chi connectivity index (χ1v) is 8.68. The number of hydrogen-bond acceptors (Lipinski definition) is 3. The highest BCUT2D eigenvalue weighted by Gasteiger charge is 2.19. The summed E-state index contributed by atoms with van der Waals surface area (Å²) in [6.45, 7) is 0. The second-order valence-electron chi connectivity index (χ2n) is 6.18. The van der Waals surface area contributed by atoms with E-state index >= 15 is 0 Å². The molecule has 0 fully saturated rings. The van der Waals surface area contributed by atoms with E-state index in [1.807, 2.05) is 83.4 Å². The van der Waals surface area contributed by atoms with Crippen LogP contribution in [-0.4, -0.2) is 22.4 Å². The Bertz CT molecular complexity index is 1020. The highest BCUT2D eigenvalue weighted by Crippen LogP contribution is 2.24. The zero-order valence-electron chi connectivity index (χ0n) is 14.9. The third kappa shape index (κ3) is 3.53. The van der Waals surface area contributed by atoms with E-state index in [-0.39, 0.29) is 11.9 Å². The fourth-order valence-electron chi connectivity index (χ4n) is 3.05. The van der Waals surface area contributed by atoms with Crippen molar-refractivity contribution in [2.45, 2.75) is 6.04 Å². The van der Waals surface area contributed by atoms with Crippen LogP contribution in [0.25, 0.3) is 5.65 Å². The smallest absolute Gasteiger partial charge is 0.272 e. The zero-order valence-corrected chi connectivity index (χ0v) is 14.9. The van der Waals surface area contributed by atoms with Crippen molar-refractivity contribution in [1.82, 2.24) is 14.7 Å². The van der Waals surface area contributed by atoms with Gasteiger partial charge in [0, 0.05) is 12.4 Å². The summed E-state index contributed by atoms with van der Waals surface area (Å²) >= 11 is 0. The molecule has 0 saturated carbocycles. The van der Waals surface area contributed by atoms with Gasteiger partial charge >= 0.3 is 0 Å². The van der Waals surface area contributed by atoms with Crippen molar-refractivity contribution in [3.05, 3.63) is 102 Å². The summed E-state index contributed by atoms with van der Waals surface area (Å²) in [7, 11) is 1.63. The average Bonchev–Trinajstić information content (AvgIpc) is 3.17. The van der Waals surface area contributed by atoms with Crippen LogP contribution in [0.3, 0.4) is 0 Å². The maximum absolute atomic E-state index is 12.9. The number of pyridine rings is 1. The third-order valence-corrected chi connectivity index (χ3v) is 4.45. The van der Waals surface area contributed by atoms with Crippen molar-refractivity contribution in [1.29, 1.82) is 0 Å². The average molecular weight is 357 g/mol. The molecule has 1 amide bonds. The summed E-state index contributed by atoms with van der Waals surface area (Å²) in [6.07, 6.45) is 3.61. The van der Waals surface area contributed by atoms with Crippen LogP contribution in [0.1, 0.15) is 27.7 Å². The maximum atomic E-state index is 12.9. The summed E-state index contributed by atoms with van der Waals surface area (Å²) in [6, 6.07) is 23.0. The van der Waals surface area contributed by atoms with Crippen LogP contribution in [-0.2, 0) is 0 Å². The Morgan fingerprint density at radius 1 is 0.963 bits per heavy atom. The number of rotatable bonds is 5. The van der Waals surface area contributed by atoms with Crippen molar-refractivity contribution < 1.29 is 9.53 Å². The number of aromatic nitrogens is 2. The quantitative estimate of drug-likeness (QED) is 0.590. The normalized spacial score (nSPS) is 11.9. The molecule has 0 bridgehead atoms. The van der Waals surface area contributed by atoms with Crippen molar-refractivity contribution in [2.24, 2.45) is 0 Å². The molecule has 0 aliphatic heterocycles. The van der Waals surface area contributed by atoms with Crippen LogP contribution < -0.4 is 10.1 Å². The van der Waals surface area contributed by atoms with Crippen LogP contribution in [0.4, 0.5) is 0 Å². The van der Waals surface area contributed by atoms with E-state index in [2.05, 4.69) is 10.3 Å². The number of fused-ring (bicyclic) bond motifs is 1. The van der Waals surface area contributed by atoms with E-state index in [0.29, 0.717) is 5.69 Å². The van der Waals surface area contributed by atoms with Gasteiger partial charge < -0.3 is 14.5 Å². The zero-order chi connectivity index (χ0) is 18.6. The SMILES string of the molecule is COc1ccc(C(NC(=O)c2cn3ccccc3n2)c2ccccc2)cc1. The van der Waals surface area contributed by atoms with Crippen LogP contribution in [0, 0.1) is 0 Å². The van der Waals surface area contributed by atoms with Crippen LogP contribution >= 0.6 is 0 Å². The topological polar surface area (TPSA) is 55.6 Å². The predicted molar refractivity (Wildman–Crippen MR) is 104 cm³/mol. The molecule has 0 spiro atoms. The number of nitrogens with zero attached hydrogens (tertiary/aromatic N) is 2. The van der Waals surface area contributed by atoms with Gasteiger partial charge in [-0.2, -0.15) is 0 Å². The standard InChI is InChI=1S/C22H19N3O2/c1-27-18-12-10-17(11-13-18)21(16-7-3-2-4-8-16)24-22(26)19-15-25-14-6-5-9-20(25)23-19/h2-15,21H,1H3,(H,24,26). The summed E-state index contributed by atoms with van der Waals surface area (Å²) < 4.78 is 7.07. The van der Waals surface area contributed by atoms with Gasteiger partial charge in [-0.3, -0.25) is 4.79 Å². The lowest BCUT2D eigenvalue weighted by atomic mass is 9.98. The van der Waals surface area contributed by atoms with Gasteiger partial charge in [0.05, 0.1) is 13.2 Å². The second kappa shape index (κ2) is 7.33. The minimum absolute atomic E-state index is 0.219. The fourth-order valence-corrected chi connectivity index (χ4v) is 3.05. The molecule has 0 saturated heterocycles. The van der Waals surface area contributed by atoms with Gasteiger partial charge in [-0.25, -0.2) is 4.98 Å². The van der Waals surface area contributed by atoms with Crippen LogP contribution in [0.5, 0.6) is 5.75 Å². The number of ether oxygens (including phenoxy) is 1. The van der Waals surface area contributed by atoms with E-state index in [4.69, 9.17) is 4.74 Å². The summed E-state index contributed by atoms with van der Waals surface area (Å²) in [4.78, 5) is 17.3. The van der Waals surface area contributed by atoms with Crippen molar-refractivity contribution in [3.8, 4) is 5.75 Å². The van der Waals surface area contributed by atoms with Crippen molar-refractivity contribution >= 4 is 11.6 Å². The highest BCUT2D eigenvalue weighted by atomic mass is 16.5. The molecule has 4 aromatic rings. The molecular weight excluding hydrogens is 338 g/mol. The van der Waals surface area contributed by atoms with Gasteiger partial charge in [0.15, 0.2) is 0 Å². The van der Waals surface area contributed by atoms with E-state index in [0.717, 1.165) is 22.5 Å². The molecule has 5 heteroatoms. The Kier molecular flexibility index (Phi) is 4.58. The Labute approximate surface area is 157 Å². The maximum Gasteiger partial charge on any atom is 0.272 e. The van der Waals surface area contributed by atoms with Gasteiger partial charge in [-0.15, -0.1) is 0 Å². The Hall–Kier alpha value is -3.60. The molecule has 0 radical (unpaired) electrons. The first-order chi connectivity index (χ1) is 13.2. The first kappa shape index (κ1) is 16.8. The molecule has 0 aliphatic rings. The van der Waals surface area contributed by atoms with Gasteiger partial charge in [0.25, 0.3) is 5.91 Å². The molecule has 2 heterocycles. The Morgan fingerprint density at radius 3 is 2.37 bits per heavy atom. The first-order valence-electron chi connectivity index (χ1n) is 8.68. The minimum Gasteiger partial charge on any atom is -0.497 e. The Morgan fingerprint density at radius 2 is 1.67 bits per heavy atom. The highest BCUT2D eigenvalue weighted by molar-refractivity contribution is 5.93. The molecule has 1 unspecified atom stereocenters. The fraction of sp³-hybridized carbons (Fsp3) is 0.0909. The summed E-state index contributed by atoms with van der Waals surface area (Å²) in [5.74, 6) is 0.556. The largest absolute Gasteiger partial charge is 0.497 e. The number of imidazole rings is 1. The molecule has 2 aromatic heterocycles. The number of benzene rings is 2. The molecule has 4 rings (SSSR count). The number of carbonyl (C=O) groups is 1. The van der Waals surface area contributed by atoms with Gasteiger partial charge in [0.1, 0.15) is 17.1 Å². The van der Waals surface area contributed by atoms with Gasteiger partial charge in [-0.1, -0.05) is 48.5 Å². The number of methoxy groups -OCH3 is 1. The lowest BCUT2D eigenvalue weighted by Crippen LogP contribution is -2.29. The molecule has 0 aliphatic carbocycles. The molecule has 1 atom stereocenters. The van der Waals surface area contributed by atoms with Crippen molar-refractivity contribution in [2.75, 3.05) is 7.11 Å². The number of carbonyl (C=O) groups excluding carboxylic acids is 1. The number of nitrogens with one attached hydrogen (secondary N) is 1. The molecule has 1 N–H and O–H groups in total. The number of amides is 1. The predicted octanol–water partition coefficient (Wildman–Crippen LogP) is 3.86. The van der Waals surface area contributed by atoms with Crippen LogP contribution in [0.15, 0.2) is 85.2 Å². The van der Waals surface area contributed by atoms with Gasteiger partial charge in [-0.05, 0) is 35.4 Å². The molecule has 2 aromatic carbocycles. The lowest BCUT2D eigenvalue weighted by Gasteiger charge is -2.19. The molecular formula is C22H19N3O2. The number of hydrogen-bond donors (Lipinski definition) is 1. The monoisotopic (exact) mass is 357 g/mol. The van der Waals surface area contributed by atoms with Gasteiger partial charge in [0.2, 0.25) is 0 Å². The molecule has 134 valence electrons. The molecule has 27 heavy (non-hydrogen) atoms. The lowest BCUT2D eigenvalue weighted by molar-refractivity contribution is 0.0938. The third-order valence-electron chi connectivity index (χ3n) is 4.45. The molecule has 5 nitrogen and oxygen atoms in total. The minimum atomic E-state index is -0.283. The van der Waals surface area contributed by atoms with Crippen molar-refractivity contribution in [3.63, 3.8) is 0 Å². The van der Waals surface area contributed by atoms with E-state index in [9.17, 15) is 4.79 Å². The van der Waals surface area contributed by atoms with E-state index in [1.54, 1.807) is 13.3 Å². The second-order valence-corrected chi connectivity index (χ2v) is 6.18. The van der Waals surface area contributed by atoms with E-state index < -0.39 is 0 Å². The van der Waals surface area contributed by atoms with E-state index in [1.165, 1.54) is 0 Å². The summed E-state index contributed by atoms with van der Waals surface area (Å²) in [5.41, 5.74) is 3.10. The van der Waals surface area contributed by atoms with Crippen LogP contribution in [0.2, 0.25) is 0 Å². The summed E-state index contributed by atoms with van der Waals surface area (Å²) in [5, 5.41) is 3.11.